The highest BCUT2D eigenvalue weighted by Gasteiger charge is 2.46. The van der Waals surface area contributed by atoms with Gasteiger partial charge in [-0.15, -0.1) is 0 Å². The molecule has 1 fully saturated rings. The van der Waals surface area contributed by atoms with E-state index in [-0.39, 0.29) is 22.7 Å². The highest BCUT2D eigenvalue weighted by atomic mass is 31.2. The van der Waals surface area contributed by atoms with E-state index in [0.717, 1.165) is 25.7 Å². The van der Waals surface area contributed by atoms with Gasteiger partial charge in [0.2, 0.25) is 0 Å². The van der Waals surface area contributed by atoms with E-state index in [4.69, 9.17) is 13.8 Å². The molecule has 0 bridgehead atoms. The van der Waals surface area contributed by atoms with Crippen molar-refractivity contribution < 1.29 is 28.1 Å². The number of esters is 1. The SMILES string of the molecule is CC1=C(C(=O)OC2CCCC2)C(c2cccc([N+](=O)[O-])c2)C(P(=O)(OC(C)C)OC(C)C)=C(C)N1. The number of hydrogen-bond acceptors (Lipinski definition) is 8. The molecule has 3 rings (SSSR count). The molecule has 1 saturated carbocycles. The molecule has 0 aromatic heterocycles. The quantitative estimate of drug-likeness (QED) is 0.179. The van der Waals surface area contributed by atoms with Crippen molar-refractivity contribution in [2.45, 2.75) is 91.5 Å². The van der Waals surface area contributed by atoms with Crippen LogP contribution in [-0.4, -0.2) is 29.2 Å². The van der Waals surface area contributed by atoms with E-state index in [9.17, 15) is 19.5 Å². The first-order chi connectivity index (χ1) is 16.4. The van der Waals surface area contributed by atoms with Crippen molar-refractivity contribution in [1.29, 1.82) is 0 Å². The van der Waals surface area contributed by atoms with Gasteiger partial charge in [-0.1, -0.05) is 12.1 Å². The number of nitro groups is 1. The van der Waals surface area contributed by atoms with Crippen LogP contribution in [-0.2, 0) is 23.1 Å². The van der Waals surface area contributed by atoms with Gasteiger partial charge < -0.3 is 19.1 Å². The number of allylic oxidation sites excluding steroid dienone is 3. The molecule has 1 aliphatic carbocycles. The monoisotopic (exact) mass is 506 g/mol. The first-order valence-electron chi connectivity index (χ1n) is 12.0. The van der Waals surface area contributed by atoms with Crippen LogP contribution >= 0.6 is 7.60 Å². The summed E-state index contributed by atoms with van der Waals surface area (Å²) in [6.07, 6.45) is 2.51. The predicted octanol–water partition coefficient (Wildman–Crippen LogP) is 6.32. The Labute approximate surface area is 206 Å². The Bertz CT molecular complexity index is 1070. The first-order valence-corrected chi connectivity index (χ1v) is 13.6. The molecule has 1 aromatic rings. The van der Waals surface area contributed by atoms with E-state index < -0.39 is 36.6 Å². The molecule has 10 heteroatoms. The van der Waals surface area contributed by atoms with Crippen LogP contribution in [0.1, 0.15) is 78.7 Å². The molecule has 9 nitrogen and oxygen atoms in total. The summed E-state index contributed by atoms with van der Waals surface area (Å²) >= 11 is 0. The van der Waals surface area contributed by atoms with Gasteiger partial charge in [-0.2, -0.15) is 0 Å². The van der Waals surface area contributed by atoms with Gasteiger partial charge in [0.15, 0.2) is 0 Å². The van der Waals surface area contributed by atoms with Gasteiger partial charge >= 0.3 is 13.6 Å². The summed E-state index contributed by atoms with van der Waals surface area (Å²) in [5, 5.41) is 15.0. The minimum atomic E-state index is -3.96. The summed E-state index contributed by atoms with van der Waals surface area (Å²) in [5.74, 6) is -1.45. The lowest BCUT2D eigenvalue weighted by molar-refractivity contribution is -0.384. The lowest BCUT2D eigenvalue weighted by Crippen LogP contribution is -2.31. The number of carbonyl (C=O) groups excluding carboxylic acids is 1. The Hall–Kier alpha value is -2.48. The second-order valence-corrected chi connectivity index (χ2v) is 11.5. The molecule has 1 heterocycles. The number of nitro benzene ring substituents is 1. The fourth-order valence-corrected chi connectivity index (χ4v) is 7.12. The lowest BCUT2D eigenvalue weighted by atomic mass is 9.86. The Morgan fingerprint density at radius 3 is 2.23 bits per heavy atom. The summed E-state index contributed by atoms with van der Waals surface area (Å²) in [4.78, 5) is 24.6. The molecular weight excluding hydrogens is 471 g/mol. The van der Waals surface area contributed by atoms with Crippen LogP contribution in [0.3, 0.4) is 0 Å². The maximum absolute atomic E-state index is 14.4. The maximum Gasteiger partial charge on any atom is 0.360 e. The van der Waals surface area contributed by atoms with Gasteiger partial charge in [-0.25, -0.2) is 4.79 Å². The fraction of sp³-hybridized carbons (Fsp3) is 0.560. The maximum atomic E-state index is 14.4. The molecule has 1 N–H and O–H groups in total. The second kappa shape index (κ2) is 11.1. The van der Waals surface area contributed by atoms with Crippen molar-refractivity contribution in [2.75, 3.05) is 0 Å². The van der Waals surface area contributed by atoms with Crippen LogP contribution in [0.5, 0.6) is 0 Å². The van der Waals surface area contributed by atoms with Gasteiger partial charge in [-0.3, -0.25) is 14.7 Å². The molecule has 0 radical (unpaired) electrons. The molecule has 2 aliphatic rings. The predicted molar refractivity (Wildman–Crippen MR) is 133 cm³/mol. The molecule has 35 heavy (non-hydrogen) atoms. The Morgan fingerprint density at radius 2 is 1.69 bits per heavy atom. The Balaban J connectivity index is 2.21. The average Bonchev–Trinajstić information content (AvgIpc) is 3.24. The molecule has 1 unspecified atom stereocenters. The molecule has 0 amide bonds. The van der Waals surface area contributed by atoms with Crippen molar-refractivity contribution in [3.05, 3.63) is 62.2 Å². The van der Waals surface area contributed by atoms with E-state index in [1.54, 1.807) is 53.7 Å². The third-order valence-corrected chi connectivity index (χ3v) is 8.51. The number of benzene rings is 1. The number of carbonyl (C=O) groups is 1. The lowest BCUT2D eigenvalue weighted by Gasteiger charge is -2.36. The van der Waals surface area contributed by atoms with Crippen LogP contribution in [0.4, 0.5) is 5.69 Å². The number of non-ortho nitro benzene ring substituents is 1. The van der Waals surface area contributed by atoms with Gasteiger partial charge in [0, 0.05) is 23.5 Å². The van der Waals surface area contributed by atoms with Gasteiger partial charge in [-0.05, 0) is 72.8 Å². The van der Waals surface area contributed by atoms with E-state index in [2.05, 4.69) is 5.32 Å². The van der Waals surface area contributed by atoms with E-state index in [0.29, 0.717) is 17.0 Å². The van der Waals surface area contributed by atoms with Crippen molar-refractivity contribution in [1.82, 2.24) is 5.32 Å². The Morgan fingerprint density at radius 1 is 1.09 bits per heavy atom. The number of rotatable bonds is 9. The summed E-state index contributed by atoms with van der Waals surface area (Å²) in [5.41, 5.74) is 1.60. The highest BCUT2D eigenvalue weighted by molar-refractivity contribution is 7.58. The van der Waals surface area contributed by atoms with E-state index >= 15 is 0 Å². The molecule has 192 valence electrons. The third-order valence-electron chi connectivity index (χ3n) is 5.93. The van der Waals surface area contributed by atoms with E-state index in [1.807, 2.05) is 0 Å². The topological polar surface area (TPSA) is 117 Å². The van der Waals surface area contributed by atoms with Crippen LogP contribution < -0.4 is 5.32 Å². The number of ether oxygens (including phenoxy) is 1. The number of hydrogen-bond donors (Lipinski definition) is 1. The smallest absolute Gasteiger partial charge is 0.360 e. The summed E-state index contributed by atoms with van der Waals surface area (Å²) in [6, 6.07) is 6.01. The average molecular weight is 507 g/mol. The molecule has 1 aliphatic heterocycles. The zero-order valence-electron chi connectivity index (χ0n) is 21.2. The zero-order chi connectivity index (χ0) is 25.9. The standard InChI is InChI=1S/C25H35N2O7P/c1-15(2)33-35(31,34-16(3)4)24-18(6)26-17(5)22(25(28)32-21-12-7-8-13-21)23(24)19-10-9-11-20(14-19)27(29)30/h9-11,14-16,21,23,26H,7-8,12-13H2,1-6H3. The van der Waals surface area contributed by atoms with Crippen molar-refractivity contribution in [3.63, 3.8) is 0 Å². The van der Waals surface area contributed by atoms with Gasteiger partial charge in [0.25, 0.3) is 5.69 Å². The summed E-state index contributed by atoms with van der Waals surface area (Å²) in [6.45, 7) is 10.5. The Kier molecular flexibility index (Phi) is 8.57. The largest absolute Gasteiger partial charge is 0.459 e. The van der Waals surface area contributed by atoms with Crippen LogP contribution in [0.2, 0.25) is 0 Å². The van der Waals surface area contributed by atoms with Crippen molar-refractivity contribution >= 4 is 19.3 Å². The van der Waals surface area contributed by atoms with E-state index in [1.165, 1.54) is 12.1 Å². The number of nitrogens with one attached hydrogen (secondary N) is 1. The van der Waals surface area contributed by atoms with Gasteiger partial charge in [0.05, 0.1) is 33.9 Å². The highest BCUT2D eigenvalue weighted by Crippen LogP contribution is 2.65. The van der Waals surface area contributed by atoms with Crippen molar-refractivity contribution in [3.8, 4) is 0 Å². The summed E-state index contributed by atoms with van der Waals surface area (Å²) in [7, 11) is -3.96. The molecule has 0 saturated heterocycles. The van der Waals surface area contributed by atoms with Gasteiger partial charge in [0.1, 0.15) is 6.10 Å². The van der Waals surface area contributed by atoms with Crippen LogP contribution in [0.15, 0.2) is 46.5 Å². The molecule has 1 atom stereocenters. The number of dihydropyridines is 1. The van der Waals surface area contributed by atoms with Crippen molar-refractivity contribution in [2.24, 2.45) is 0 Å². The normalized spacial score (nSPS) is 19.5. The molecule has 1 aromatic carbocycles. The third kappa shape index (κ3) is 6.21. The fourth-order valence-electron chi connectivity index (χ4n) is 4.67. The van der Waals surface area contributed by atoms with Crippen LogP contribution in [0.25, 0.3) is 0 Å². The summed E-state index contributed by atoms with van der Waals surface area (Å²) < 4.78 is 32.0. The molecular formula is C25H35N2O7P. The number of nitrogens with zero attached hydrogens (tertiary/aromatic N) is 1. The minimum absolute atomic E-state index is 0.136. The zero-order valence-corrected chi connectivity index (χ0v) is 22.1. The second-order valence-electron chi connectivity index (χ2n) is 9.58. The van der Waals surface area contributed by atoms with Crippen LogP contribution in [0, 0.1) is 10.1 Å². The minimum Gasteiger partial charge on any atom is -0.459 e. The molecule has 0 spiro atoms. The first kappa shape index (κ1) is 27.1.